The van der Waals surface area contributed by atoms with E-state index in [2.05, 4.69) is 22.2 Å². The summed E-state index contributed by atoms with van der Waals surface area (Å²) in [6.07, 6.45) is 3.80. The molecule has 0 N–H and O–H groups in total. The average molecular weight is 406 g/mol. The SMILES string of the molecule is Cc1noc(C)c1S(=O)(=O)N1CCOc2ccc(CN3CCCCC3)cc2C1. The fourth-order valence-corrected chi connectivity index (χ4v) is 5.77. The van der Waals surface area contributed by atoms with Gasteiger partial charge in [0.15, 0.2) is 5.76 Å². The molecule has 0 atom stereocenters. The van der Waals surface area contributed by atoms with Crippen LogP contribution >= 0.6 is 0 Å². The average Bonchev–Trinajstić information content (AvgIpc) is 2.89. The highest BCUT2D eigenvalue weighted by Gasteiger charge is 2.33. The van der Waals surface area contributed by atoms with Crippen molar-refractivity contribution in [1.29, 1.82) is 0 Å². The van der Waals surface area contributed by atoms with Gasteiger partial charge in [-0.05, 0) is 57.5 Å². The summed E-state index contributed by atoms with van der Waals surface area (Å²) in [6, 6.07) is 6.15. The molecule has 1 aromatic carbocycles. The number of hydrogen-bond acceptors (Lipinski definition) is 6. The van der Waals surface area contributed by atoms with Crippen molar-refractivity contribution in [1.82, 2.24) is 14.4 Å². The molecule has 1 aromatic heterocycles. The Morgan fingerprint density at radius 1 is 1.11 bits per heavy atom. The second-order valence-electron chi connectivity index (χ2n) is 7.62. The zero-order valence-corrected chi connectivity index (χ0v) is 17.3. The van der Waals surface area contributed by atoms with Gasteiger partial charge in [-0.25, -0.2) is 8.42 Å². The zero-order valence-electron chi connectivity index (χ0n) is 16.5. The van der Waals surface area contributed by atoms with Gasteiger partial charge in [0.1, 0.15) is 22.9 Å². The van der Waals surface area contributed by atoms with E-state index >= 15 is 0 Å². The van der Waals surface area contributed by atoms with Crippen molar-refractivity contribution in [2.75, 3.05) is 26.2 Å². The molecule has 7 nitrogen and oxygen atoms in total. The van der Waals surface area contributed by atoms with Gasteiger partial charge in [0.25, 0.3) is 0 Å². The molecule has 152 valence electrons. The lowest BCUT2D eigenvalue weighted by Crippen LogP contribution is -2.33. The predicted octanol–water partition coefficient (Wildman–Crippen LogP) is 2.86. The summed E-state index contributed by atoms with van der Waals surface area (Å²) >= 11 is 0. The van der Waals surface area contributed by atoms with Crippen LogP contribution in [0.3, 0.4) is 0 Å². The minimum atomic E-state index is -3.70. The van der Waals surface area contributed by atoms with Gasteiger partial charge >= 0.3 is 0 Å². The number of rotatable bonds is 4. The van der Waals surface area contributed by atoms with Gasteiger partial charge in [-0.3, -0.25) is 4.90 Å². The number of likely N-dealkylation sites (tertiary alicyclic amines) is 1. The highest BCUT2D eigenvalue weighted by atomic mass is 32.2. The minimum absolute atomic E-state index is 0.167. The summed E-state index contributed by atoms with van der Waals surface area (Å²) < 4.78 is 38.8. The first-order valence-corrected chi connectivity index (χ1v) is 11.3. The number of aromatic nitrogens is 1. The number of aryl methyl sites for hydroxylation is 2. The van der Waals surface area contributed by atoms with Crippen LogP contribution in [0.1, 0.15) is 41.8 Å². The van der Waals surface area contributed by atoms with E-state index < -0.39 is 10.0 Å². The van der Waals surface area contributed by atoms with E-state index in [0.717, 1.165) is 30.9 Å². The van der Waals surface area contributed by atoms with E-state index in [1.54, 1.807) is 13.8 Å². The molecule has 28 heavy (non-hydrogen) atoms. The second kappa shape index (κ2) is 7.85. The number of benzene rings is 1. The Bertz CT molecular complexity index is 929. The molecule has 0 radical (unpaired) electrons. The van der Waals surface area contributed by atoms with Gasteiger partial charge in [-0.2, -0.15) is 4.31 Å². The lowest BCUT2D eigenvalue weighted by molar-refractivity contribution is 0.221. The molecule has 0 amide bonds. The van der Waals surface area contributed by atoms with Crippen molar-refractivity contribution in [3.05, 3.63) is 40.8 Å². The Balaban J connectivity index is 1.59. The Morgan fingerprint density at radius 2 is 1.89 bits per heavy atom. The zero-order chi connectivity index (χ0) is 19.7. The van der Waals surface area contributed by atoms with Gasteiger partial charge in [0.2, 0.25) is 10.0 Å². The van der Waals surface area contributed by atoms with Gasteiger partial charge in [0.05, 0.1) is 0 Å². The first-order valence-electron chi connectivity index (χ1n) is 9.85. The molecule has 0 aliphatic carbocycles. The summed E-state index contributed by atoms with van der Waals surface area (Å²) in [7, 11) is -3.70. The summed E-state index contributed by atoms with van der Waals surface area (Å²) in [5.74, 6) is 1.08. The van der Waals surface area contributed by atoms with Crippen LogP contribution in [-0.4, -0.2) is 49.0 Å². The van der Waals surface area contributed by atoms with Gasteiger partial charge in [0, 0.05) is 25.2 Å². The lowest BCUT2D eigenvalue weighted by Gasteiger charge is -2.26. The van der Waals surface area contributed by atoms with E-state index in [0.29, 0.717) is 24.6 Å². The van der Waals surface area contributed by atoms with Crippen LogP contribution in [0, 0.1) is 13.8 Å². The van der Waals surface area contributed by atoms with Crippen molar-refractivity contribution in [2.24, 2.45) is 0 Å². The van der Waals surface area contributed by atoms with Crippen molar-refractivity contribution in [3.63, 3.8) is 0 Å². The fourth-order valence-electron chi connectivity index (χ4n) is 4.07. The van der Waals surface area contributed by atoms with E-state index in [1.807, 2.05) is 6.07 Å². The Labute approximate surface area is 166 Å². The number of ether oxygens (including phenoxy) is 1. The van der Waals surface area contributed by atoms with Crippen LogP contribution in [0.15, 0.2) is 27.6 Å². The standard InChI is InChI=1S/C20H27N3O4S/c1-15-20(16(2)27-21-15)28(24,25)23-10-11-26-19-7-6-17(12-18(19)14-23)13-22-8-4-3-5-9-22/h6-7,12H,3-5,8-11,13-14H2,1-2H3. The molecule has 0 unspecified atom stereocenters. The van der Waals surface area contributed by atoms with E-state index in [4.69, 9.17) is 9.26 Å². The molecule has 4 rings (SSSR count). The largest absolute Gasteiger partial charge is 0.492 e. The molecular formula is C20H27N3O4S. The van der Waals surface area contributed by atoms with Gasteiger partial charge in [-0.1, -0.05) is 17.6 Å². The Hall–Kier alpha value is -1.90. The molecule has 0 saturated carbocycles. The molecular weight excluding hydrogens is 378 g/mol. The summed E-state index contributed by atoms with van der Waals surface area (Å²) in [5, 5.41) is 3.81. The van der Waals surface area contributed by atoms with Crippen LogP contribution in [0.25, 0.3) is 0 Å². The Kier molecular flexibility index (Phi) is 5.44. The predicted molar refractivity (Wildman–Crippen MR) is 105 cm³/mol. The number of sulfonamides is 1. The maximum Gasteiger partial charge on any atom is 0.248 e. The molecule has 3 heterocycles. The quantitative estimate of drug-likeness (QED) is 0.779. The third-order valence-corrected chi connectivity index (χ3v) is 7.58. The number of fused-ring (bicyclic) bond motifs is 1. The molecule has 2 aliphatic rings. The monoisotopic (exact) mass is 405 g/mol. The van der Waals surface area contributed by atoms with Crippen LogP contribution in [0.2, 0.25) is 0 Å². The number of piperidine rings is 1. The van der Waals surface area contributed by atoms with Crippen LogP contribution in [-0.2, 0) is 23.1 Å². The van der Waals surface area contributed by atoms with Crippen molar-refractivity contribution in [2.45, 2.75) is 51.1 Å². The Morgan fingerprint density at radius 3 is 2.61 bits per heavy atom. The second-order valence-corrected chi connectivity index (χ2v) is 9.49. The van der Waals surface area contributed by atoms with Crippen molar-refractivity contribution >= 4 is 10.0 Å². The van der Waals surface area contributed by atoms with Gasteiger partial charge in [-0.15, -0.1) is 0 Å². The smallest absolute Gasteiger partial charge is 0.248 e. The third-order valence-electron chi connectivity index (χ3n) is 5.49. The van der Waals surface area contributed by atoms with Crippen LogP contribution in [0.4, 0.5) is 0 Å². The summed E-state index contributed by atoms with van der Waals surface area (Å²) in [4.78, 5) is 2.63. The highest BCUT2D eigenvalue weighted by Crippen LogP contribution is 2.30. The normalized spacial score (nSPS) is 19.1. The molecule has 2 aliphatic heterocycles. The van der Waals surface area contributed by atoms with E-state index in [1.165, 1.54) is 29.1 Å². The van der Waals surface area contributed by atoms with Crippen molar-refractivity contribution < 1.29 is 17.7 Å². The fraction of sp³-hybridized carbons (Fsp3) is 0.550. The summed E-state index contributed by atoms with van der Waals surface area (Å²) in [5.41, 5.74) is 2.49. The first kappa shape index (κ1) is 19.4. The minimum Gasteiger partial charge on any atom is -0.492 e. The maximum atomic E-state index is 13.2. The molecule has 0 spiro atoms. The number of nitrogens with zero attached hydrogens (tertiary/aromatic N) is 3. The van der Waals surface area contributed by atoms with Crippen LogP contribution in [0.5, 0.6) is 5.75 Å². The van der Waals surface area contributed by atoms with Crippen molar-refractivity contribution in [3.8, 4) is 5.75 Å². The molecule has 0 bridgehead atoms. The van der Waals surface area contributed by atoms with Gasteiger partial charge < -0.3 is 9.26 Å². The molecule has 1 saturated heterocycles. The molecule has 1 fully saturated rings. The molecule has 2 aromatic rings. The van der Waals surface area contributed by atoms with E-state index in [9.17, 15) is 8.42 Å². The highest BCUT2D eigenvalue weighted by molar-refractivity contribution is 7.89. The molecule has 8 heteroatoms. The number of hydrogen-bond donors (Lipinski definition) is 0. The maximum absolute atomic E-state index is 13.2. The van der Waals surface area contributed by atoms with Crippen LogP contribution < -0.4 is 4.74 Å². The first-order chi connectivity index (χ1) is 13.4. The topological polar surface area (TPSA) is 75.9 Å². The summed E-state index contributed by atoms with van der Waals surface area (Å²) in [6.45, 7) is 7.33. The van der Waals surface area contributed by atoms with E-state index in [-0.39, 0.29) is 11.4 Å². The third kappa shape index (κ3) is 3.81. The lowest BCUT2D eigenvalue weighted by atomic mass is 10.1.